The van der Waals surface area contributed by atoms with Crippen molar-refractivity contribution in [2.75, 3.05) is 7.11 Å². The molecule has 22 heavy (non-hydrogen) atoms. The van der Waals surface area contributed by atoms with Crippen molar-refractivity contribution in [2.45, 2.75) is 0 Å². The van der Waals surface area contributed by atoms with Gasteiger partial charge in [-0.15, -0.1) is 0 Å². The fourth-order valence-corrected chi connectivity index (χ4v) is 2.26. The van der Waals surface area contributed by atoms with E-state index >= 15 is 0 Å². The number of benzene rings is 2. The Morgan fingerprint density at radius 1 is 1.27 bits per heavy atom. The maximum atomic E-state index is 13.5. The van der Waals surface area contributed by atoms with Crippen LogP contribution in [-0.4, -0.2) is 18.0 Å². The Labute approximate surface area is 134 Å². The predicted octanol–water partition coefficient (Wildman–Crippen LogP) is 4.34. The third kappa shape index (κ3) is 3.51. The molecule has 0 unspecified atom stereocenters. The maximum absolute atomic E-state index is 13.5. The normalized spacial score (nSPS) is 10.9. The molecule has 114 valence electrons. The standard InChI is InChI=1S/C16H11BrF2O3/c1-22-15-7-9(6-12(17)16(15)21)2-5-14(20)11-4-3-10(18)8-13(11)19/h2-8,21H,1H3/b5-2+. The molecule has 1 N–H and O–H groups in total. The van der Waals surface area contributed by atoms with E-state index in [4.69, 9.17) is 4.74 Å². The van der Waals surface area contributed by atoms with Crippen LogP contribution in [0.15, 0.2) is 40.9 Å². The summed E-state index contributed by atoms with van der Waals surface area (Å²) in [5, 5.41) is 9.69. The fraction of sp³-hybridized carbons (Fsp3) is 0.0625. The van der Waals surface area contributed by atoms with E-state index in [1.807, 2.05) is 0 Å². The van der Waals surface area contributed by atoms with Crippen molar-refractivity contribution >= 4 is 27.8 Å². The summed E-state index contributed by atoms with van der Waals surface area (Å²) in [7, 11) is 1.40. The molecule has 0 bridgehead atoms. The highest BCUT2D eigenvalue weighted by Gasteiger charge is 2.11. The Balaban J connectivity index is 2.28. The molecule has 0 saturated carbocycles. The maximum Gasteiger partial charge on any atom is 0.188 e. The first-order valence-corrected chi connectivity index (χ1v) is 6.95. The van der Waals surface area contributed by atoms with Crippen molar-refractivity contribution in [1.29, 1.82) is 0 Å². The first-order chi connectivity index (χ1) is 10.4. The first kappa shape index (κ1) is 16.2. The van der Waals surface area contributed by atoms with Crippen LogP contribution in [0.3, 0.4) is 0 Å². The second-order valence-electron chi connectivity index (χ2n) is 4.38. The van der Waals surface area contributed by atoms with E-state index in [0.717, 1.165) is 18.2 Å². The van der Waals surface area contributed by atoms with Crippen LogP contribution < -0.4 is 4.74 Å². The van der Waals surface area contributed by atoms with Crippen LogP contribution in [0.2, 0.25) is 0 Å². The highest BCUT2D eigenvalue weighted by Crippen LogP contribution is 2.35. The fourth-order valence-electron chi connectivity index (χ4n) is 1.80. The molecule has 2 aromatic rings. The highest BCUT2D eigenvalue weighted by molar-refractivity contribution is 9.10. The molecule has 0 spiro atoms. The number of methoxy groups -OCH3 is 1. The van der Waals surface area contributed by atoms with Crippen LogP contribution >= 0.6 is 15.9 Å². The molecule has 0 aromatic heterocycles. The van der Waals surface area contributed by atoms with Gasteiger partial charge in [-0.25, -0.2) is 8.78 Å². The van der Waals surface area contributed by atoms with Gasteiger partial charge in [0.1, 0.15) is 11.6 Å². The van der Waals surface area contributed by atoms with E-state index < -0.39 is 17.4 Å². The average Bonchev–Trinajstić information content (AvgIpc) is 2.48. The van der Waals surface area contributed by atoms with E-state index in [9.17, 15) is 18.7 Å². The van der Waals surface area contributed by atoms with Crippen molar-refractivity contribution < 1.29 is 23.4 Å². The lowest BCUT2D eigenvalue weighted by Crippen LogP contribution is -1.99. The Bertz CT molecular complexity index is 757. The van der Waals surface area contributed by atoms with Crippen LogP contribution in [0.4, 0.5) is 8.78 Å². The lowest BCUT2D eigenvalue weighted by Gasteiger charge is -2.06. The number of phenols is 1. The van der Waals surface area contributed by atoms with E-state index in [1.54, 1.807) is 6.07 Å². The smallest absolute Gasteiger partial charge is 0.188 e. The van der Waals surface area contributed by atoms with Gasteiger partial charge in [-0.1, -0.05) is 6.08 Å². The number of hydrogen-bond donors (Lipinski definition) is 1. The van der Waals surface area contributed by atoms with Gasteiger partial charge in [0.25, 0.3) is 0 Å². The Kier molecular flexibility index (Phi) is 4.92. The Morgan fingerprint density at radius 3 is 2.64 bits per heavy atom. The van der Waals surface area contributed by atoms with Gasteiger partial charge >= 0.3 is 0 Å². The number of aromatic hydroxyl groups is 1. The lowest BCUT2D eigenvalue weighted by molar-refractivity contribution is 0.104. The first-order valence-electron chi connectivity index (χ1n) is 6.16. The van der Waals surface area contributed by atoms with Gasteiger partial charge in [-0.3, -0.25) is 4.79 Å². The van der Waals surface area contributed by atoms with Gasteiger partial charge in [-0.2, -0.15) is 0 Å². The van der Waals surface area contributed by atoms with Crippen LogP contribution in [0.25, 0.3) is 6.08 Å². The summed E-state index contributed by atoms with van der Waals surface area (Å²) in [6, 6.07) is 5.85. The number of phenolic OH excluding ortho intramolecular Hbond substituents is 1. The molecule has 2 rings (SSSR count). The van der Waals surface area contributed by atoms with E-state index in [0.29, 0.717) is 16.1 Å². The minimum Gasteiger partial charge on any atom is -0.503 e. The monoisotopic (exact) mass is 368 g/mol. The zero-order chi connectivity index (χ0) is 16.3. The zero-order valence-electron chi connectivity index (χ0n) is 11.4. The minimum atomic E-state index is -0.917. The number of allylic oxidation sites excluding steroid dienone is 1. The molecule has 0 saturated heterocycles. The third-order valence-electron chi connectivity index (χ3n) is 2.89. The Hall–Kier alpha value is -2.21. The summed E-state index contributed by atoms with van der Waals surface area (Å²) in [5.74, 6) is -2.09. The molecule has 0 aliphatic rings. The van der Waals surface area contributed by atoms with Gasteiger partial charge in [0.2, 0.25) is 0 Å². The molecular formula is C16H11BrF2O3. The summed E-state index contributed by atoms with van der Waals surface area (Å²) in [6.07, 6.45) is 2.60. The second kappa shape index (κ2) is 6.70. The molecule has 0 fully saturated rings. The number of halogens is 3. The number of ketones is 1. The van der Waals surface area contributed by atoms with Gasteiger partial charge in [-0.05, 0) is 51.8 Å². The minimum absolute atomic E-state index is 0.0597. The van der Waals surface area contributed by atoms with Gasteiger partial charge in [0.15, 0.2) is 17.3 Å². The molecule has 0 amide bonds. The van der Waals surface area contributed by atoms with Gasteiger partial charge < -0.3 is 9.84 Å². The van der Waals surface area contributed by atoms with E-state index in [1.165, 1.54) is 19.3 Å². The number of hydrogen-bond acceptors (Lipinski definition) is 3. The predicted molar refractivity (Wildman–Crippen MR) is 82.1 cm³/mol. The molecule has 0 atom stereocenters. The topological polar surface area (TPSA) is 46.5 Å². The molecular weight excluding hydrogens is 358 g/mol. The zero-order valence-corrected chi connectivity index (χ0v) is 13.0. The highest BCUT2D eigenvalue weighted by atomic mass is 79.9. The van der Waals surface area contributed by atoms with E-state index in [-0.39, 0.29) is 17.1 Å². The second-order valence-corrected chi connectivity index (χ2v) is 5.23. The molecule has 2 aromatic carbocycles. The molecule has 0 radical (unpaired) electrons. The molecule has 3 nitrogen and oxygen atoms in total. The quantitative estimate of drug-likeness (QED) is 0.644. The van der Waals surface area contributed by atoms with Gasteiger partial charge in [0.05, 0.1) is 17.1 Å². The van der Waals surface area contributed by atoms with Crippen LogP contribution in [-0.2, 0) is 0 Å². The van der Waals surface area contributed by atoms with Gasteiger partial charge in [0, 0.05) is 6.07 Å². The summed E-state index contributed by atoms with van der Waals surface area (Å²) in [6.45, 7) is 0. The molecule has 0 aliphatic carbocycles. The van der Waals surface area contributed by atoms with E-state index in [2.05, 4.69) is 15.9 Å². The van der Waals surface area contributed by atoms with Crippen molar-refractivity contribution in [2.24, 2.45) is 0 Å². The molecule has 0 aliphatic heterocycles. The molecule has 0 heterocycles. The van der Waals surface area contributed by atoms with Crippen LogP contribution in [0.1, 0.15) is 15.9 Å². The van der Waals surface area contributed by atoms with Crippen molar-refractivity contribution in [1.82, 2.24) is 0 Å². The van der Waals surface area contributed by atoms with Crippen LogP contribution in [0.5, 0.6) is 11.5 Å². The molecule has 6 heteroatoms. The SMILES string of the molecule is COc1cc(/C=C/C(=O)c2ccc(F)cc2F)cc(Br)c1O. The van der Waals surface area contributed by atoms with Crippen LogP contribution in [0, 0.1) is 11.6 Å². The number of carbonyl (C=O) groups excluding carboxylic acids is 1. The third-order valence-corrected chi connectivity index (χ3v) is 3.50. The summed E-state index contributed by atoms with van der Waals surface area (Å²) >= 11 is 3.16. The average molecular weight is 369 g/mol. The van der Waals surface area contributed by atoms with Crippen molar-refractivity contribution in [3.63, 3.8) is 0 Å². The lowest BCUT2D eigenvalue weighted by atomic mass is 10.1. The van der Waals surface area contributed by atoms with Crippen molar-refractivity contribution in [3.8, 4) is 11.5 Å². The number of ether oxygens (including phenoxy) is 1. The largest absolute Gasteiger partial charge is 0.503 e. The number of rotatable bonds is 4. The summed E-state index contributed by atoms with van der Waals surface area (Å²) < 4.78 is 31.7. The summed E-state index contributed by atoms with van der Waals surface area (Å²) in [5.41, 5.74) is 0.347. The summed E-state index contributed by atoms with van der Waals surface area (Å²) in [4.78, 5) is 11.9. The Morgan fingerprint density at radius 2 is 2.00 bits per heavy atom. The number of carbonyl (C=O) groups is 1. The van der Waals surface area contributed by atoms with Crippen molar-refractivity contribution in [3.05, 3.63) is 63.6 Å².